The number of hydrogen-bond donors (Lipinski definition) is 4. The maximum absolute atomic E-state index is 13.0. The Morgan fingerprint density at radius 2 is 1.00 bits per heavy atom. The summed E-state index contributed by atoms with van der Waals surface area (Å²) in [6, 6.07) is 10.9. The molecule has 0 saturated heterocycles. The third-order valence-corrected chi connectivity index (χ3v) is 14.2. The highest BCUT2D eigenvalue weighted by Crippen LogP contribution is 2.63. The van der Waals surface area contributed by atoms with Crippen LogP contribution < -0.4 is 0 Å². The van der Waals surface area contributed by atoms with Gasteiger partial charge in [-0.3, -0.25) is 19.2 Å². The molecule has 6 rings (SSSR count). The van der Waals surface area contributed by atoms with Crippen LogP contribution >= 0.6 is 0 Å². The van der Waals surface area contributed by atoms with Gasteiger partial charge in [0.1, 0.15) is 0 Å². The van der Waals surface area contributed by atoms with Gasteiger partial charge in [0.15, 0.2) is 0 Å². The van der Waals surface area contributed by atoms with Crippen LogP contribution in [0.4, 0.5) is 0 Å². The number of carbonyl (C=O) groups is 4. The van der Waals surface area contributed by atoms with Gasteiger partial charge in [-0.05, 0) is 169 Å². The second kappa shape index (κ2) is 16.2. The maximum Gasteiger partial charge on any atom is 0.310 e. The molecule has 2 atom stereocenters. The fourth-order valence-electron chi connectivity index (χ4n) is 9.59. The molecule has 0 aromatic heterocycles. The molecule has 2 aromatic carbocycles. The molecule has 0 aliphatic heterocycles. The maximum atomic E-state index is 13.0. The van der Waals surface area contributed by atoms with Gasteiger partial charge in [-0.15, -0.1) is 0 Å². The first-order valence-corrected chi connectivity index (χ1v) is 20.9. The summed E-state index contributed by atoms with van der Waals surface area (Å²) in [5, 5.41) is 39.6. The summed E-state index contributed by atoms with van der Waals surface area (Å²) in [7, 11) is 0. The summed E-state index contributed by atoms with van der Waals surface area (Å²) in [6.45, 7) is 4.23. The minimum atomic E-state index is -0.777. The van der Waals surface area contributed by atoms with E-state index in [4.69, 9.17) is 0 Å². The molecule has 0 radical (unpaired) electrons. The monoisotopic (exact) mass is 742 g/mol. The third-order valence-electron chi connectivity index (χ3n) is 14.2. The van der Waals surface area contributed by atoms with Crippen molar-refractivity contribution < 1.29 is 39.6 Å². The smallest absolute Gasteiger partial charge is 0.310 e. The van der Waals surface area contributed by atoms with Crippen LogP contribution in [0.3, 0.4) is 0 Å². The number of aryl methyl sites for hydroxylation is 4. The molecule has 4 aliphatic carbocycles. The normalized spacial score (nSPS) is 22.4. The van der Waals surface area contributed by atoms with Gasteiger partial charge in [-0.2, -0.15) is 0 Å². The number of aliphatic carboxylic acids is 4. The van der Waals surface area contributed by atoms with E-state index in [1.807, 2.05) is 0 Å². The van der Waals surface area contributed by atoms with Gasteiger partial charge in [-0.1, -0.05) is 61.6 Å². The van der Waals surface area contributed by atoms with Crippen LogP contribution in [-0.2, 0) is 44.9 Å². The number of benzene rings is 2. The number of carboxylic acid groups (broad SMARTS) is 4. The molecule has 0 amide bonds. The Balaban J connectivity index is 1.09. The number of carboxylic acids is 4. The quantitative estimate of drug-likeness (QED) is 0.0735. The zero-order valence-electron chi connectivity index (χ0n) is 32.6. The summed E-state index contributed by atoms with van der Waals surface area (Å²) < 4.78 is 0. The van der Waals surface area contributed by atoms with Crippen LogP contribution in [-0.4, -0.2) is 44.3 Å². The molecular formula is C46H62O8. The van der Waals surface area contributed by atoms with E-state index in [1.54, 1.807) is 0 Å². The highest BCUT2D eigenvalue weighted by Gasteiger charge is 2.60. The van der Waals surface area contributed by atoms with Crippen molar-refractivity contribution in [2.24, 2.45) is 21.7 Å². The van der Waals surface area contributed by atoms with Crippen LogP contribution in [0.2, 0.25) is 0 Å². The van der Waals surface area contributed by atoms with E-state index in [9.17, 15) is 39.6 Å². The molecule has 8 heteroatoms. The van der Waals surface area contributed by atoms with Gasteiger partial charge in [-0.25, -0.2) is 0 Å². The lowest BCUT2D eigenvalue weighted by Gasteiger charge is -2.21. The van der Waals surface area contributed by atoms with Crippen LogP contribution in [0.1, 0.15) is 167 Å². The van der Waals surface area contributed by atoms with Crippen molar-refractivity contribution in [1.82, 2.24) is 0 Å². The second-order valence-corrected chi connectivity index (χ2v) is 18.0. The zero-order valence-corrected chi connectivity index (χ0v) is 32.6. The average molecular weight is 743 g/mol. The van der Waals surface area contributed by atoms with Crippen molar-refractivity contribution in [3.63, 3.8) is 0 Å². The van der Waals surface area contributed by atoms with Crippen LogP contribution in [0.25, 0.3) is 0 Å². The fourth-order valence-corrected chi connectivity index (χ4v) is 9.59. The Bertz CT molecular complexity index is 1730. The van der Waals surface area contributed by atoms with E-state index in [0.29, 0.717) is 25.7 Å². The first-order chi connectivity index (χ1) is 25.8. The Hall–Kier alpha value is -3.68. The Morgan fingerprint density at radius 3 is 1.48 bits per heavy atom. The van der Waals surface area contributed by atoms with Crippen molar-refractivity contribution in [2.75, 3.05) is 0 Å². The standard InChI is InChI=1S/C46H62O8/c1-31-15-17-33(11-3-7-19-43(23-24-43)39(47)48)34(29-31)12-4-10-22-46(42(53)54)30-38(46)37-18-16-32(2)35(13-5-8-20-44(25-26-44)40(49)50)36(37)14-6-9-21-45(27-28-45)41(51)52/h15-18,29,38H,3-14,19-28,30H2,1-2H3,(H,47,48)(H,49,50)(H,51,52)(H,53,54). The number of unbranched alkanes of at least 4 members (excludes halogenated alkanes) is 4. The van der Waals surface area contributed by atoms with Crippen molar-refractivity contribution in [3.8, 4) is 0 Å². The first-order valence-electron chi connectivity index (χ1n) is 20.9. The molecule has 0 spiro atoms. The highest BCUT2D eigenvalue weighted by atomic mass is 16.4. The van der Waals surface area contributed by atoms with Gasteiger partial charge in [0, 0.05) is 5.92 Å². The molecule has 0 bridgehead atoms. The molecule has 4 aliphatic rings. The molecule has 4 N–H and O–H groups in total. The molecule has 2 aromatic rings. The van der Waals surface area contributed by atoms with E-state index in [1.165, 1.54) is 33.4 Å². The lowest BCUT2D eigenvalue weighted by molar-refractivity contribution is -0.144. The van der Waals surface area contributed by atoms with E-state index in [2.05, 4.69) is 44.2 Å². The van der Waals surface area contributed by atoms with Crippen LogP contribution in [0.15, 0.2) is 30.3 Å². The molecule has 8 nitrogen and oxygen atoms in total. The lowest BCUT2D eigenvalue weighted by Crippen LogP contribution is -2.18. The minimum Gasteiger partial charge on any atom is -0.481 e. The fraction of sp³-hybridized carbons (Fsp3) is 0.652. The number of hydrogen-bond acceptors (Lipinski definition) is 4. The molecule has 2 unspecified atom stereocenters. The largest absolute Gasteiger partial charge is 0.481 e. The van der Waals surface area contributed by atoms with Gasteiger partial charge in [0.05, 0.1) is 21.7 Å². The first kappa shape index (κ1) is 40.0. The number of rotatable bonds is 25. The summed E-state index contributed by atoms with van der Waals surface area (Å²) >= 11 is 0. The second-order valence-electron chi connectivity index (χ2n) is 18.0. The minimum absolute atomic E-state index is 0.0463. The summed E-state index contributed by atoms with van der Waals surface area (Å²) in [5.74, 6) is -2.77. The van der Waals surface area contributed by atoms with E-state index >= 15 is 0 Å². The van der Waals surface area contributed by atoms with Crippen LogP contribution in [0, 0.1) is 35.5 Å². The SMILES string of the molecule is Cc1ccc(CCCCC2(C(=O)O)CC2)c(CCCCC2(C(=O)O)CC2c2ccc(C)c(CCCCC3(C(=O)O)CC3)c2CCCCC2(C(=O)O)CC2)c1. The Morgan fingerprint density at radius 1 is 0.537 bits per heavy atom. The van der Waals surface area contributed by atoms with Crippen molar-refractivity contribution in [2.45, 2.75) is 167 Å². The van der Waals surface area contributed by atoms with Gasteiger partial charge >= 0.3 is 23.9 Å². The van der Waals surface area contributed by atoms with E-state index < -0.39 is 45.5 Å². The van der Waals surface area contributed by atoms with Crippen molar-refractivity contribution in [1.29, 1.82) is 0 Å². The summed E-state index contributed by atoms with van der Waals surface area (Å²) in [6.07, 6.45) is 18.6. The molecule has 294 valence electrons. The average Bonchev–Trinajstić information content (AvgIpc) is 3.95. The van der Waals surface area contributed by atoms with Crippen molar-refractivity contribution >= 4 is 23.9 Å². The van der Waals surface area contributed by atoms with Gasteiger partial charge < -0.3 is 20.4 Å². The highest BCUT2D eigenvalue weighted by molar-refractivity contribution is 5.81. The van der Waals surface area contributed by atoms with Crippen LogP contribution in [0.5, 0.6) is 0 Å². The predicted octanol–water partition coefficient (Wildman–Crippen LogP) is 10.0. The van der Waals surface area contributed by atoms with Gasteiger partial charge in [0.2, 0.25) is 0 Å². The third kappa shape index (κ3) is 8.89. The van der Waals surface area contributed by atoms with E-state index in [-0.39, 0.29) is 5.92 Å². The van der Waals surface area contributed by atoms with E-state index in [0.717, 1.165) is 128 Å². The molecule has 4 saturated carbocycles. The molecular weight excluding hydrogens is 680 g/mol. The zero-order chi connectivity index (χ0) is 38.7. The Kier molecular flexibility index (Phi) is 12.0. The lowest BCUT2D eigenvalue weighted by atomic mass is 9.84. The molecule has 0 heterocycles. The molecule has 4 fully saturated rings. The van der Waals surface area contributed by atoms with Crippen molar-refractivity contribution in [3.05, 3.63) is 69.3 Å². The predicted molar refractivity (Wildman–Crippen MR) is 208 cm³/mol. The molecule has 54 heavy (non-hydrogen) atoms. The summed E-state index contributed by atoms with van der Waals surface area (Å²) in [4.78, 5) is 48.2. The topological polar surface area (TPSA) is 149 Å². The van der Waals surface area contributed by atoms with Gasteiger partial charge in [0.25, 0.3) is 0 Å². The Labute approximate surface area is 321 Å². The summed E-state index contributed by atoms with van der Waals surface area (Å²) in [5.41, 5.74) is 6.42.